The molecule has 0 aliphatic carbocycles. The van der Waals surface area contributed by atoms with Crippen LogP contribution in [0.1, 0.15) is 39.4 Å². The van der Waals surface area contributed by atoms with Crippen LogP contribution in [-0.4, -0.2) is 7.05 Å². The molecule has 3 heteroatoms. The van der Waals surface area contributed by atoms with E-state index in [1.807, 2.05) is 13.1 Å². The Labute approximate surface area is 123 Å². The fraction of sp³-hybridized carbons (Fsp3) is 0.375. The molecule has 2 nitrogen and oxygen atoms in total. The van der Waals surface area contributed by atoms with E-state index in [2.05, 4.69) is 55.0 Å². The van der Waals surface area contributed by atoms with Gasteiger partial charge in [0.15, 0.2) is 4.67 Å². The quantitative estimate of drug-likeness (QED) is 0.894. The van der Waals surface area contributed by atoms with Crippen LogP contribution in [0.2, 0.25) is 0 Å². The number of rotatable bonds is 3. The van der Waals surface area contributed by atoms with E-state index in [9.17, 15) is 0 Å². The Bertz CT molecular complexity index is 575. The van der Waals surface area contributed by atoms with Gasteiger partial charge in [0, 0.05) is 5.56 Å². The highest BCUT2D eigenvalue weighted by atomic mass is 79.9. The van der Waals surface area contributed by atoms with E-state index in [4.69, 9.17) is 4.42 Å². The van der Waals surface area contributed by atoms with Gasteiger partial charge in [-0.3, -0.25) is 0 Å². The first-order valence-corrected chi connectivity index (χ1v) is 7.24. The third kappa shape index (κ3) is 2.49. The maximum Gasteiger partial charge on any atom is 0.174 e. The second-order valence-electron chi connectivity index (χ2n) is 5.05. The molecule has 0 aliphatic heterocycles. The number of aryl methyl sites for hydroxylation is 2. The van der Waals surface area contributed by atoms with Crippen molar-refractivity contribution in [3.05, 3.63) is 56.4 Å². The summed E-state index contributed by atoms with van der Waals surface area (Å²) in [6.07, 6.45) is 1.72. The molecule has 0 bridgehead atoms. The molecule has 0 spiro atoms. The van der Waals surface area contributed by atoms with Gasteiger partial charge in [-0.25, -0.2) is 0 Å². The zero-order valence-electron chi connectivity index (χ0n) is 12.1. The molecule has 1 unspecified atom stereocenters. The summed E-state index contributed by atoms with van der Waals surface area (Å²) in [5.74, 6) is 0. The average molecular weight is 322 g/mol. The lowest BCUT2D eigenvalue weighted by molar-refractivity contribution is 0.529. The predicted molar refractivity (Wildman–Crippen MR) is 82.7 cm³/mol. The first-order chi connectivity index (χ1) is 8.97. The second-order valence-corrected chi connectivity index (χ2v) is 5.77. The zero-order chi connectivity index (χ0) is 14.2. The van der Waals surface area contributed by atoms with E-state index in [-0.39, 0.29) is 6.04 Å². The van der Waals surface area contributed by atoms with Gasteiger partial charge in [-0.15, -0.1) is 0 Å². The molecule has 0 fully saturated rings. The first kappa shape index (κ1) is 14.4. The SMILES string of the molecule is CNC(c1ccoc1Br)c1c(C)c(C)cc(C)c1C. The number of benzene rings is 1. The summed E-state index contributed by atoms with van der Waals surface area (Å²) < 4.78 is 6.18. The Kier molecular flexibility index (Phi) is 4.16. The Balaban J connectivity index is 2.66. The Morgan fingerprint density at radius 3 is 2.11 bits per heavy atom. The summed E-state index contributed by atoms with van der Waals surface area (Å²) >= 11 is 3.48. The van der Waals surface area contributed by atoms with Gasteiger partial charge >= 0.3 is 0 Å². The summed E-state index contributed by atoms with van der Waals surface area (Å²) in [5, 5.41) is 3.41. The van der Waals surface area contributed by atoms with Crippen molar-refractivity contribution in [2.24, 2.45) is 0 Å². The van der Waals surface area contributed by atoms with Crippen molar-refractivity contribution in [2.75, 3.05) is 7.05 Å². The third-order valence-electron chi connectivity index (χ3n) is 3.96. The largest absolute Gasteiger partial charge is 0.457 e. The van der Waals surface area contributed by atoms with Gasteiger partial charge in [0.2, 0.25) is 0 Å². The van der Waals surface area contributed by atoms with E-state index in [0.29, 0.717) is 0 Å². The lowest BCUT2D eigenvalue weighted by Gasteiger charge is -2.23. The third-order valence-corrected chi connectivity index (χ3v) is 4.60. The molecule has 0 saturated heterocycles. The molecule has 1 atom stereocenters. The van der Waals surface area contributed by atoms with Crippen LogP contribution in [-0.2, 0) is 0 Å². The summed E-state index contributed by atoms with van der Waals surface area (Å²) in [6, 6.07) is 4.42. The summed E-state index contributed by atoms with van der Waals surface area (Å²) in [6.45, 7) is 8.72. The zero-order valence-corrected chi connectivity index (χ0v) is 13.7. The lowest BCUT2D eigenvalue weighted by Crippen LogP contribution is -2.20. The molecule has 0 aliphatic rings. The van der Waals surface area contributed by atoms with Gasteiger partial charge in [-0.05, 0) is 84.6 Å². The monoisotopic (exact) mass is 321 g/mol. The molecule has 1 heterocycles. The topological polar surface area (TPSA) is 25.2 Å². The number of furan rings is 1. The van der Waals surface area contributed by atoms with Gasteiger partial charge in [0.25, 0.3) is 0 Å². The van der Waals surface area contributed by atoms with Crippen molar-refractivity contribution in [1.82, 2.24) is 5.32 Å². The Morgan fingerprint density at radius 1 is 1.11 bits per heavy atom. The molecule has 0 amide bonds. The van der Waals surface area contributed by atoms with Gasteiger partial charge in [-0.2, -0.15) is 0 Å². The van der Waals surface area contributed by atoms with Crippen LogP contribution in [0, 0.1) is 27.7 Å². The van der Waals surface area contributed by atoms with Gasteiger partial charge < -0.3 is 9.73 Å². The molecule has 102 valence electrons. The van der Waals surface area contributed by atoms with Crippen LogP contribution >= 0.6 is 15.9 Å². The Morgan fingerprint density at radius 2 is 1.68 bits per heavy atom. The molecule has 0 radical (unpaired) electrons. The summed E-state index contributed by atoms with van der Waals surface area (Å²) in [5.41, 5.74) is 7.84. The Hall–Kier alpha value is -1.06. The van der Waals surface area contributed by atoms with Crippen molar-refractivity contribution in [2.45, 2.75) is 33.7 Å². The van der Waals surface area contributed by atoms with E-state index >= 15 is 0 Å². The van der Waals surface area contributed by atoms with E-state index in [1.54, 1.807) is 6.26 Å². The van der Waals surface area contributed by atoms with Crippen LogP contribution in [0.5, 0.6) is 0 Å². The van der Waals surface area contributed by atoms with Crippen molar-refractivity contribution in [3.8, 4) is 0 Å². The number of hydrogen-bond donors (Lipinski definition) is 1. The predicted octanol–water partition coefficient (Wildman–Crippen LogP) is 4.58. The van der Waals surface area contributed by atoms with Crippen LogP contribution in [0.3, 0.4) is 0 Å². The van der Waals surface area contributed by atoms with Crippen LogP contribution in [0.25, 0.3) is 0 Å². The molecule has 1 N–H and O–H groups in total. The first-order valence-electron chi connectivity index (χ1n) is 6.44. The maximum absolute atomic E-state index is 5.39. The molecule has 19 heavy (non-hydrogen) atoms. The van der Waals surface area contributed by atoms with Gasteiger partial charge in [0.05, 0.1) is 12.3 Å². The average Bonchev–Trinajstić information content (AvgIpc) is 2.78. The molecule has 1 aromatic heterocycles. The summed E-state index contributed by atoms with van der Waals surface area (Å²) in [4.78, 5) is 0. The number of hydrogen-bond acceptors (Lipinski definition) is 2. The lowest BCUT2D eigenvalue weighted by atomic mass is 9.87. The van der Waals surface area contributed by atoms with Gasteiger partial charge in [0.1, 0.15) is 0 Å². The highest BCUT2D eigenvalue weighted by Gasteiger charge is 2.22. The van der Waals surface area contributed by atoms with Crippen molar-refractivity contribution in [3.63, 3.8) is 0 Å². The van der Waals surface area contributed by atoms with E-state index < -0.39 is 0 Å². The van der Waals surface area contributed by atoms with Gasteiger partial charge in [-0.1, -0.05) is 6.07 Å². The van der Waals surface area contributed by atoms with E-state index in [1.165, 1.54) is 27.8 Å². The second kappa shape index (κ2) is 5.51. The normalized spacial score (nSPS) is 12.7. The van der Waals surface area contributed by atoms with Crippen LogP contribution in [0.15, 0.2) is 27.5 Å². The molecular formula is C16H20BrNO. The van der Waals surface area contributed by atoms with Crippen molar-refractivity contribution in [1.29, 1.82) is 0 Å². The van der Waals surface area contributed by atoms with E-state index in [0.717, 1.165) is 10.2 Å². The van der Waals surface area contributed by atoms with Crippen LogP contribution in [0.4, 0.5) is 0 Å². The highest BCUT2D eigenvalue weighted by molar-refractivity contribution is 9.10. The smallest absolute Gasteiger partial charge is 0.174 e. The van der Waals surface area contributed by atoms with Crippen molar-refractivity contribution < 1.29 is 4.42 Å². The van der Waals surface area contributed by atoms with Crippen molar-refractivity contribution >= 4 is 15.9 Å². The minimum atomic E-state index is 0.145. The minimum Gasteiger partial charge on any atom is -0.457 e. The number of nitrogens with one attached hydrogen (secondary N) is 1. The molecule has 0 saturated carbocycles. The van der Waals surface area contributed by atoms with Crippen LogP contribution < -0.4 is 5.32 Å². The molecule has 1 aromatic carbocycles. The molecule has 2 aromatic rings. The fourth-order valence-corrected chi connectivity index (χ4v) is 3.12. The minimum absolute atomic E-state index is 0.145. The highest BCUT2D eigenvalue weighted by Crippen LogP contribution is 2.34. The maximum atomic E-state index is 5.39. The standard InChI is InChI=1S/C16H20BrNO/c1-9-8-10(2)12(4)14(11(9)3)15(18-5)13-6-7-19-16(13)17/h6-8,15,18H,1-5H3. The number of halogens is 1. The molecular weight excluding hydrogens is 302 g/mol. The summed E-state index contributed by atoms with van der Waals surface area (Å²) in [7, 11) is 1.99. The molecule has 2 rings (SSSR count). The fourth-order valence-electron chi connectivity index (χ4n) is 2.65.